The topological polar surface area (TPSA) is 173 Å². The Morgan fingerprint density at radius 3 is 1.71 bits per heavy atom. The Hall–Kier alpha value is -5.23. The van der Waals surface area contributed by atoms with Gasteiger partial charge in [-0.1, -0.05) is 0 Å². The lowest BCUT2D eigenvalue weighted by molar-refractivity contribution is -0.385. The fraction of sp³-hybridized carbons (Fsp3) is 0.182. The minimum Gasteiger partial charge on any atom is -0.437 e. The third kappa shape index (κ3) is 9.48. The fourth-order valence-electron chi connectivity index (χ4n) is 2.77. The van der Waals surface area contributed by atoms with Crippen molar-refractivity contribution in [2.75, 3.05) is 0 Å². The van der Waals surface area contributed by atoms with Gasteiger partial charge >= 0.3 is 12.4 Å². The van der Waals surface area contributed by atoms with Crippen LogP contribution < -0.4 is 10.3 Å². The number of aromatic amines is 3. The lowest BCUT2D eigenvalue weighted by Crippen LogP contribution is -2.08. The van der Waals surface area contributed by atoms with E-state index < -0.39 is 56.3 Å². The molecule has 0 atom stereocenters. The molecule has 41 heavy (non-hydrogen) atoms. The van der Waals surface area contributed by atoms with Gasteiger partial charge in [0.25, 0.3) is 16.9 Å². The number of rotatable bonds is 4. The van der Waals surface area contributed by atoms with Gasteiger partial charge in [-0.05, 0) is 26.0 Å². The Kier molecular flexibility index (Phi) is 9.95. The van der Waals surface area contributed by atoms with Gasteiger partial charge in [0.1, 0.15) is 17.1 Å². The van der Waals surface area contributed by atoms with Crippen molar-refractivity contribution in [3.8, 4) is 11.6 Å². The third-order valence-corrected chi connectivity index (χ3v) is 4.57. The summed E-state index contributed by atoms with van der Waals surface area (Å²) in [6.45, 7) is 3.47. The number of halogens is 7. The van der Waals surface area contributed by atoms with Gasteiger partial charge < -0.3 is 9.84 Å². The van der Waals surface area contributed by atoms with Gasteiger partial charge in [0.15, 0.2) is 0 Å². The van der Waals surface area contributed by atoms with Crippen LogP contribution in [0.1, 0.15) is 22.5 Å². The van der Waals surface area contributed by atoms with E-state index in [0.717, 1.165) is 17.8 Å². The lowest BCUT2D eigenvalue weighted by atomic mass is 10.1. The summed E-state index contributed by atoms with van der Waals surface area (Å²) in [5.41, 5.74) is -2.92. The minimum absolute atomic E-state index is 0.0538. The molecule has 19 heteroatoms. The normalized spacial score (nSPS) is 11.0. The van der Waals surface area contributed by atoms with Gasteiger partial charge in [-0.2, -0.15) is 26.3 Å². The molecule has 0 saturated heterocycles. The van der Waals surface area contributed by atoms with Gasteiger partial charge in [-0.3, -0.25) is 35.2 Å². The molecule has 3 N–H and O–H groups in total. The summed E-state index contributed by atoms with van der Waals surface area (Å²) in [5, 5.41) is 31.8. The van der Waals surface area contributed by atoms with E-state index in [1.807, 2.05) is 6.92 Å². The van der Waals surface area contributed by atoms with Crippen molar-refractivity contribution < 1.29 is 45.3 Å². The first kappa shape index (κ1) is 32.0. The predicted molar refractivity (Wildman–Crippen MR) is 126 cm³/mol. The second kappa shape index (κ2) is 12.7. The number of nitrogens with zero attached hydrogens (tertiary/aromatic N) is 3. The molecule has 2 heterocycles. The number of H-pyrrole nitrogens is 3. The van der Waals surface area contributed by atoms with Gasteiger partial charge in [-0.15, -0.1) is 5.10 Å². The van der Waals surface area contributed by atoms with Gasteiger partial charge in [0.2, 0.25) is 5.88 Å². The van der Waals surface area contributed by atoms with E-state index in [1.165, 1.54) is 12.1 Å². The number of benzene rings is 2. The van der Waals surface area contributed by atoms with Crippen LogP contribution in [0, 0.1) is 39.9 Å². The SMILES string of the molecule is Cc1cc(=O)[nH][nH]1.Cc1cc(Oc2ccc([N+](=O)[O-])cc2C(F)(F)F)n[nH]1.O=[N+]([O-])c1ccc(F)c(C(F)(F)F)c1. The average molecular weight is 594 g/mol. The van der Waals surface area contributed by atoms with E-state index in [0.29, 0.717) is 23.9 Å². The first-order valence-electron chi connectivity index (χ1n) is 10.7. The number of nitrogens with one attached hydrogen (secondary N) is 3. The molecule has 0 aliphatic rings. The molecule has 12 nitrogen and oxygen atoms in total. The number of nitro groups is 2. The molecule has 0 bridgehead atoms. The molecular formula is C22H17F7N6O6. The monoisotopic (exact) mass is 594 g/mol. The Bertz CT molecular complexity index is 1580. The van der Waals surface area contributed by atoms with Gasteiger partial charge in [0.05, 0.1) is 15.4 Å². The van der Waals surface area contributed by atoms with Crippen LogP contribution in [0.2, 0.25) is 0 Å². The Labute approximate surface area is 223 Å². The molecule has 2 aromatic heterocycles. The summed E-state index contributed by atoms with van der Waals surface area (Å²) in [6.07, 6.45) is -9.69. The molecule has 0 aliphatic heterocycles. The van der Waals surface area contributed by atoms with E-state index in [4.69, 9.17) is 4.74 Å². The zero-order valence-electron chi connectivity index (χ0n) is 20.6. The number of aryl methyl sites for hydroxylation is 2. The van der Waals surface area contributed by atoms with Crippen LogP contribution in [-0.4, -0.2) is 30.2 Å². The highest BCUT2D eigenvalue weighted by Gasteiger charge is 2.37. The van der Waals surface area contributed by atoms with Crippen LogP contribution in [-0.2, 0) is 12.4 Å². The minimum atomic E-state index is -4.92. The van der Waals surface area contributed by atoms with E-state index in [-0.39, 0.29) is 17.5 Å². The number of nitro benzene ring substituents is 2. The highest BCUT2D eigenvalue weighted by Crippen LogP contribution is 2.40. The smallest absolute Gasteiger partial charge is 0.420 e. The quantitative estimate of drug-likeness (QED) is 0.143. The van der Waals surface area contributed by atoms with E-state index >= 15 is 0 Å². The first-order valence-corrected chi connectivity index (χ1v) is 10.7. The van der Waals surface area contributed by atoms with Crippen molar-refractivity contribution in [2.24, 2.45) is 0 Å². The van der Waals surface area contributed by atoms with Crippen molar-refractivity contribution in [1.82, 2.24) is 20.4 Å². The molecule has 4 aromatic rings. The summed E-state index contributed by atoms with van der Waals surface area (Å²) in [4.78, 5) is 28.9. The van der Waals surface area contributed by atoms with Crippen LogP contribution in [0.15, 0.2) is 53.3 Å². The number of non-ortho nitro benzene ring substituents is 2. The summed E-state index contributed by atoms with van der Waals surface area (Å²) < 4.78 is 92.3. The molecular weight excluding hydrogens is 577 g/mol. The predicted octanol–water partition coefficient (Wildman–Crippen LogP) is 6.20. The second-order valence-electron chi connectivity index (χ2n) is 7.79. The summed E-state index contributed by atoms with van der Waals surface area (Å²) in [7, 11) is 0. The summed E-state index contributed by atoms with van der Waals surface area (Å²) in [6, 6.07) is 6.41. The molecule has 0 aliphatic carbocycles. The maximum Gasteiger partial charge on any atom is 0.420 e. The molecule has 0 unspecified atom stereocenters. The second-order valence-corrected chi connectivity index (χ2v) is 7.79. The Balaban J connectivity index is 0.000000241. The van der Waals surface area contributed by atoms with Gasteiger partial charge in [0, 0.05) is 47.8 Å². The average Bonchev–Trinajstić information content (AvgIpc) is 3.44. The number of ether oxygens (including phenoxy) is 1. The van der Waals surface area contributed by atoms with Crippen LogP contribution in [0.4, 0.5) is 42.1 Å². The standard InChI is InChI=1S/C11H8F3N3O3.C7H3F4NO2.C4H6N2O/c1-6-4-10(16-15-6)20-9-3-2-7(17(18)19)5-8(9)11(12,13)14;8-6-2-1-4(12(13)14)3-5(6)7(9,10)11;1-3-2-4(7)6-5-3/h2-5H,1H3,(H,15,16);1-3H;2H,1H3,(H2,5,6,7). The summed E-state index contributed by atoms with van der Waals surface area (Å²) in [5.74, 6) is -2.13. The maximum atomic E-state index is 12.9. The van der Waals surface area contributed by atoms with Crippen molar-refractivity contribution in [3.63, 3.8) is 0 Å². The zero-order chi connectivity index (χ0) is 31.1. The van der Waals surface area contributed by atoms with Gasteiger partial charge in [-0.25, -0.2) is 4.39 Å². The molecule has 220 valence electrons. The fourth-order valence-corrected chi connectivity index (χ4v) is 2.77. The number of alkyl halides is 6. The van der Waals surface area contributed by atoms with Crippen LogP contribution in [0.25, 0.3) is 0 Å². The lowest BCUT2D eigenvalue weighted by Gasteiger charge is -2.11. The van der Waals surface area contributed by atoms with Crippen molar-refractivity contribution in [1.29, 1.82) is 0 Å². The zero-order valence-corrected chi connectivity index (χ0v) is 20.6. The summed E-state index contributed by atoms with van der Waals surface area (Å²) >= 11 is 0. The molecule has 0 spiro atoms. The number of hydrogen-bond donors (Lipinski definition) is 3. The van der Waals surface area contributed by atoms with Crippen molar-refractivity contribution >= 4 is 11.4 Å². The highest BCUT2D eigenvalue weighted by atomic mass is 19.4. The number of hydrogen-bond acceptors (Lipinski definition) is 7. The van der Waals surface area contributed by atoms with E-state index in [1.54, 1.807) is 6.92 Å². The van der Waals surface area contributed by atoms with Crippen molar-refractivity contribution in [3.05, 3.63) is 107 Å². The Morgan fingerprint density at radius 2 is 1.32 bits per heavy atom. The molecule has 0 radical (unpaired) electrons. The molecule has 0 amide bonds. The van der Waals surface area contributed by atoms with E-state index in [9.17, 15) is 55.8 Å². The first-order chi connectivity index (χ1) is 18.9. The number of aromatic nitrogens is 4. The molecule has 0 saturated carbocycles. The third-order valence-electron chi connectivity index (χ3n) is 4.57. The molecule has 2 aromatic carbocycles. The maximum absolute atomic E-state index is 12.9. The van der Waals surface area contributed by atoms with Crippen LogP contribution >= 0.6 is 0 Å². The Morgan fingerprint density at radius 1 is 0.780 bits per heavy atom. The molecule has 4 rings (SSSR count). The van der Waals surface area contributed by atoms with Crippen LogP contribution in [0.3, 0.4) is 0 Å². The highest BCUT2D eigenvalue weighted by molar-refractivity contribution is 5.46. The molecule has 0 fully saturated rings. The van der Waals surface area contributed by atoms with Crippen LogP contribution in [0.5, 0.6) is 11.6 Å². The van der Waals surface area contributed by atoms with E-state index in [2.05, 4.69) is 20.4 Å². The van der Waals surface area contributed by atoms with Crippen molar-refractivity contribution in [2.45, 2.75) is 26.2 Å². The largest absolute Gasteiger partial charge is 0.437 e.